The van der Waals surface area contributed by atoms with E-state index in [1.54, 1.807) is 13.2 Å². The van der Waals surface area contributed by atoms with Crippen molar-refractivity contribution in [3.63, 3.8) is 0 Å². The Morgan fingerprint density at radius 2 is 2.40 bits per heavy atom. The number of aryl methyl sites for hydroxylation is 1. The molecule has 1 aliphatic rings. The molecule has 1 fully saturated rings. The van der Waals surface area contributed by atoms with E-state index >= 15 is 0 Å². The summed E-state index contributed by atoms with van der Waals surface area (Å²) >= 11 is 0. The minimum Gasteiger partial charge on any atom is -0.378 e. The Labute approximate surface area is 137 Å². The number of hydrogen-bond donors (Lipinski definition) is 2. The Morgan fingerprint density at radius 1 is 1.55 bits per heavy atom. The van der Waals surface area contributed by atoms with Crippen LogP contribution in [0.25, 0.3) is 0 Å². The second-order valence-electron chi connectivity index (χ2n) is 4.72. The first-order valence-electron chi connectivity index (χ1n) is 6.82. The van der Waals surface area contributed by atoms with Gasteiger partial charge in [-0.15, -0.1) is 24.0 Å². The first-order chi connectivity index (χ1) is 9.29. The van der Waals surface area contributed by atoms with E-state index in [1.807, 2.05) is 17.8 Å². The molecule has 0 radical (unpaired) electrons. The van der Waals surface area contributed by atoms with Crippen LogP contribution >= 0.6 is 24.0 Å². The first kappa shape index (κ1) is 17.2. The average Bonchev–Trinajstić information content (AvgIpc) is 3.05. The van der Waals surface area contributed by atoms with Crippen molar-refractivity contribution in [3.8, 4) is 0 Å². The van der Waals surface area contributed by atoms with Gasteiger partial charge in [-0.2, -0.15) is 5.10 Å². The van der Waals surface area contributed by atoms with Crippen molar-refractivity contribution < 1.29 is 4.74 Å². The zero-order chi connectivity index (χ0) is 13.5. The van der Waals surface area contributed by atoms with Gasteiger partial charge in [-0.25, -0.2) is 0 Å². The van der Waals surface area contributed by atoms with Gasteiger partial charge < -0.3 is 15.4 Å². The number of aliphatic imine (C=N–C) groups is 1. The number of rotatable bonds is 5. The summed E-state index contributed by atoms with van der Waals surface area (Å²) in [4.78, 5) is 4.21. The summed E-state index contributed by atoms with van der Waals surface area (Å²) in [6.07, 6.45) is 5.63. The van der Waals surface area contributed by atoms with E-state index in [0.29, 0.717) is 6.10 Å². The van der Waals surface area contributed by atoms with E-state index in [2.05, 4.69) is 20.7 Å². The minimum atomic E-state index is 0. The van der Waals surface area contributed by atoms with Gasteiger partial charge in [0.05, 0.1) is 18.3 Å². The molecule has 1 aromatic rings. The third kappa shape index (κ3) is 5.28. The van der Waals surface area contributed by atoms with E-state index in [1.165, 1.54) is 12.8 Å². The molecule has 2 N–H and O–H groups in total. The van der Waals surface area contributed by atoms with Crippen molar-refractivity contribution in [1.82, 2.24) is 20.4 Å². The number of nitrogens with one attached hydrogen (secondary N) is 2. The molecule has 2 heterocycles. The topological polar surface area (TPSA) is 63.5 Å². The fourth-order valence-electron chi connectivity index (χ4n) is 2.19. The van der Waals surface area contributed by atoms with Gasteiger partial charge in [0, 0.05) is 33.4 Å². The molecule has 7 heteroatoms. The number of guanidine groups is 1. The van der Waals surface area contributed by atoms with Crippen molar-refractivity contribution >= 4 is 29.9 Å². The normalized spacial score (nSPS) is 18.7. The van der Waals surface area contributed by atoms with Crippen LogP contribution in [0.4, 0.5) is 0 Å². The lowest BCUT2D eigenvalue weighted by Crippen LogP contribution is -2.38. The molecule has 114 valence electrons. The van der Waals surface area contributed by atoms with Crippen molar-refractivity contribution in [2.45, 2.75) is 31.9 Å². The lowest BCUT2D eigenvalue weighted by molar-refractivity contribution is 0.105. The van der Waals surface area contributed by atoms with Crippen LogP contribution in [-0.2, 0) is 18.3 Å². The predicted molar refractivity (Wildman–Crippen MR) is 90.4 cm³/mol. The van der Waals surface area contributed by atoms with Gasteiger partial charge in [-0.1, -0.05) is 0 Å². The highest BCUT2D eigenvalue weighted by molar-refractivity contribution is 14.0. The van der Waals surface area contributed by atoms with E-state index in [4.69, 9.17) is 4.74 Å². The summed E-state index contributed by atoms with van der Waals surface area (Å²) in [5.41, 5.74) is 1.13. The SMILES string of the molecule is CN=C(NCCC1CCCO1)NCc1ccnn1C.I. The van der Waals surface area contributed by atoms with Gasteiger partial charge >= 0.3 is 0 Å². The predicted octanol–water partition coefficient (Wildman–Crippen LogP) is 1.27. The summed E-state index contributed by atoms with van der Waals surface area (Å²) in [7, 11) is 3.72. The van der Waals surface area contributed by atoms with Crippen LogP contribution in [0.15, 0.2) is 17.3 Å². The maximum Gasteiger partial charge on any atom is 0.191 e. The van der Waals surface area contributed by atoms with Crippen molar-refractivity contribution in [2.24, 2.45) is 12.0 Å². The average molecular weight is 393 g/mol. The molecule has 1 saturated heterocycles. The Balaban J connectivity index is 0.00000200. The molecule has 1 aliphatic heterocycles. The van der Waals surface area contributed by atoms with E-state index in [9.17, 15) is 0 Å². The summed E-state index contributed by atoms with van der Waals surface area (Å²) in [5.74, 6) is 0.819. The molecule has 1 atom stereocenters. The number of aromatic nitrogens is 2. The molecule has 20 heavy (non-hydrogen) atoms. The highest BCUT2D eigenvalue weighted by Gasteiger charge is 2.14. The maximum absolute atomic E-state index is 5.59. The number of nitrogens with zero attached hydrogens (tertiary/aromatic N) is 3. The first-order valence-corrected chi connectivity index (χ1v) is 6.82. The lowest BCUT2D eigenvalue weighted by Gasteiger charge is -2.14. The quantitative estimate of drug-likeness (QED) is 0.450. The standard InChI is InChI=1S/C13H23N5O.HI/c1-14-13(15-7-6-12-4-3-9-19-12)16-10-11-5-8-17-18(11)2;/h5,8,12H,3-4,6-7,9-10H2,1-2H3,(H2,14,15,16);1H. The fourth-order valence-corrected chi connectivity index (χ4v) is 2.19. The van der Waals surface area contributed by atoms with Crippen LogP contribution in [0.5, 0.6) is 0 Å². The van der Waals surface area contributed by atoms with Crippen molar-refractivity contribution in [2.75, 3.05) is 20.2 Å². The largest absolute Gasteiger partial charge is 0.378 e. The summed E-state index contributed by atoms with van der Waals surface area (Å²) in [6, 6.07) is 1.99. The van der Waals surface area contributed by atoms with Gasteiger partial charge in [0.2, 0.25) is 0 Å². The Hall–Kier alpha value is -0.830. The molecule has 1 unspecified atom stereocenters. The highest BCUT2D eigenvalue weighted by Crippen LogP contribution is 2.14. The molecular weight excluding hydrogens is 369 g/mol. The molecule has 2 rings (SSSR count). The second kappa shape index (κ2) is 9.17. The Kier molecular flexibility index (Phi) is 7.90. The third-order valence-electron chi connectivity index (χ3n) is 3.37. The molecule has 0 saturated carbocycles. The molecule has 6 nitrogen and oxygen atoms in total. The number of hydrogen-bond acceptors (Lipinski definition) is 3. The number of ether oxygens (including phenoxy) is 1. The van der Waals surface area contributed by atoms with Crippen LogP contribution in [-0.4, -0.2) is 42.0 Å². The van der Waals surface area contributed by atoms with Crippen molar-refractivity contribution in [3.05, 3.63) is 18.0 Å². The highest BCUT2D eigenvalue weighted by atomic mass is 127. The molecule has 0 bridgehead atoms. The fraction of sp³-hybridized carbons (Fsp3) is 0.692. The zero-order valence-corrected chi connectivity index (χ0v) is 14.5. The smallest absolute Gasteiger partial charge is 0.191 e. The summed E-state index contributed by atoms with van der Waals surface area (Å²) in [5, 5.41) is 10.7. The van der Waals surface area contributed by atoms with Gasteiger partial charge in [0.25, 0.3) is 0 Å². The van der Waals surface area contributed by atoms with Gasteiger partial charge in [0.15, 0.2) is 5.96 Å². The summed E-state index contributed by atoms with van der Waals surface area (Å²) in [6.45, 7) is 2.52. The van der Waals surface area contributed by atoms with E-state index < -0.39 is 0 Å². The van der Waals surface area contributed by atoms with Crippen LogP contribution in [0.2, 0.25) is 0 Å². The molecule has 0 aliphatic carbocycles. The van der Waals surface area contributed by atoms with E-state index in [0.717, 1.165) is 37.8 Å². The van der Waals surface area contributed by atoms with Crippen LogP contribution < -0.4 is 10.6 Å². The second-order valence-corrected chi connectivity index (χ2v) is 4.72. The Morgan fingerprint density at radius 3 is 3.00 bits per heavy atom. The Bertz CT molecular complexity index is 415. The maximum atomic E-state index is 5.59. The number of halogens is 1. The van der Waals surface area contributed by atoms with Crippen LogP contribution in [0.3, 0.4) is 0 Å². The molecule has 0 amide bonds. The molecule has 0 aromatic carbocycles. The van der Waals surface area contributed by atoms with Gasteiger partial charge in [0.1, 0.15) is 0 Å². The molecular formula is C13H24IN5O. The zero-order valence-electron chi connectivity index (χ0n) is 12.1. The van der Waals surface area contributed by atoms with Gasteiger partial charge in [-0.05, 0) is 25.3 Å². The minimum absolute atomic E-state index is 0. The molecule has 1 aromatic heterocycles. The lowest BCUT2D eigenvalue weighted by atomic mass is 10.2. The van der Waals surface area contributed by atoms with Gasteiger partial charge in [-0.3, -0.25) is 9.67 Å². The van der Waals surface area contributed by atoms with Crippen LogP contribution in [0, 0.1) is 0 Å². The monoisotopic (exact) mass is 393 g/mol. The third-order valence-corrected chi connectivity index (χ3v) is 3.37. The van der Waals surface area contributed by atoms with E-state index in [-0.39, 0.29) is 24.0 Å². The molecule has 0 spiro atoms. The van der Waals surface area contributed by atoms with Crippen molar-refractivity contribution in [1.29, 1.82) is 0 Å². The summed E-state index contributed by atoms with van der Waals surface area (Å²) < 4.78 is 7.44. The van der Waals surface area contributed by atoms with Crippen LogP contribution in [0.1, 0.15) is 25.0 Å².